The van der Waals surface area contributed by atoms with E-state index in [1.165, 1.54) is 19.2 Å². The number of rotatable bonds is 9. The molecule has 0 bridgehead atoms. The minimum absolute atomic E-state index is 0.00271. The monoisotopic (exact) mass is 434 g/mol. The highest BCUT2D eigenvalue weighted by Crippen LogP contribution is 2.31. The number of hydrogen-bond acceptors (Lipinski definition) is 7. The third kappa shape index (κ3) is 4.89. The van der Waals surface area contributed by atoms with Gasteiger partial charge in [-0.3, -0.25) is 15.0 Å². The fourth-order valence-electron chi connectivity index (χ4n) is 3.66. The SMILES string of the molecule is CNS(=O)(=O)c1ccc(NCC(c2cccc(OC)c2)N2CCCC2)c([N+](=O)[O-])c1. The normalized spacial score (nSPS) is 15.7. The van der Waals surface area contributed by atoms with Crippen LogP contribution in [0.1, 0.15) is 24.4 Å². The molecule has 1 atom stereocenters. The Labute approximate surface area is 176 Å². The number of ether oxygens (including phenoxy) is 1. The molecule has 1 heterocycles. The average molecular weight is 435 g/mol. The Morgan fingerprint density at radius 3 is 2.57 bits per heavy atom. The first-order valence-corrected chi connectivity index (χ1v) is 11.2. The molecule has 1 aliphatic rings. The Morgan fingerprint density at radius 2 is 1.93 bits per heavy atom. The van der Waals surface area contributed by atoms with Crippen molar-refractivity contribution in [1.82, 2.24) is 9.62 Å². The van der Waals surface area contributed by atoms with E-state index in [1.807, 2.05) is 24.3 Å². The highest BCUT2D eigenvalue weighted by atomic mass is 32.2. The quantitative estimate of drug-likeness (QED) is 0.461. The summed E-state index contributed by atoms with van der Waals surface area (Å²) in [6.45, 7) is 2.34. The lowest BCUT2D eigenvalue weighted by molar-refractivity contribution is -0.384. The number of nitro groups is 1. The number of methoxy groups -OCH3 is 1. The van der Waals surface area contributed by atoms with E-state index in [0.29, 0.717) is 6.54 Å². The molecule has 3 rings (SSSR count). The van der Waals surface area contributed by atoms with Crippen molar-refractivity contribution in [2.75, 3.05) is 39.1 Å². The summed E-state index contributed by atoms with van der Waals surface area (Å²) in [6.07, 6.45) is 2.22. The average Bonchev–Trinajstić information content (AvgIpc) is 3.28. The van der Waals surface area contributed by atoms with Gasteiger partial charge in [-0.2, -0.15) is 0 Å². The molecule has 0 amide bonds. The molecular weight excluding hydrogens is 408 g/mol. The number of anilines is 1. The minimum Gasteiger partial charge on any atom is -0.497 e. The molecule has 9 nitrogen and oxygen atoms in total. The first kappa shape index (κ1) is 22.0. The Bertz CT molecular complexity index is 1010. The van der Waals surface area contributed by atoms with Crippen molar-refractivity contribution in [3.63, 3.8) is 0 Å². The number of hydrogen-bond donors (Lipinski definition) is 2. The van der Waals surface area contributed by atoms with Gasteiger partial charge in [0.05, 0.1) is 23.0 Å². The van der Waals surface area contributed by atoms with Crippen LogP contribution in [0.25, 0.3) is 0 Å². The molecule has 1 unspecified atom stereocenters. The molecule has 2 aromatic carbocycles. The van der Waals surface area contributed by atoms with E-state index in [2.05, 4.69) is 14.9 Å². The van der Waals surface area contributed by atoms with Crippen molar-refractivity contribution in [2.45, 2.75) is 23.8 Å². The van der Waals surface area contributed by atoms with E-state index in [4.69, 9.17) is 4.74 Å². The van der Waals surface area contributed by atoms with Gasteiger partial charge in [0, 0.05) is 12.6 Å². The molecule has 0 radical (unpaired) electrons. The Balaban J connectivity index is 1.88. The zero-order valence-electron chi connectivity index (χ0n) is 17.0. The molecule has 162 valence electrons. The van der Waals surface area contributed by atoms with Gasteiger partial charge in [-0.05, 0) is 62.8 Å². The van der Waals surface area contributed by atoms with E-state index in [-0.39, 0.29) is 22.3 Å². The second-order valence-electron chi connectivity index (χ2n) is 7.06. The third-order valence-electron chi connectivity index (χ3n) is 5.29. The van der Waals surface area contributed by atoms with E-state index in [0.717, 1.165) is 43.3 Å². The van der Waals surface area contributed by atoms with Gasteiger partial charge in [0.2, 0.25) is 10.0 Å². The maximum atomic E-state index is 12.0. The Hall–Kier alpha value is -2.69. The molecule has 0 aromatic heterocycles. The van der Waals surface area contributed by atoms with Gasteiger partial charge in [-0.15, -0.1) is 0 Å². The molecule has 0 saturated carbocycles. The first-order valence-electron chi connectivity index (χ1n) is 9.69. The van der Waals surface area contributed by atoms with Gasteiger partial charge in [0.15, 0.2) is 0 Å². The molecule has 30 heavy (non-hydrogen) atoms. The lowest BCUT2D eigenvalue weighted by Gasteiger charge is -2.28. The fourth-order valence-corrected chi connectivity index (χ4v) is 4.41. The van der Waals surface area contributed by atoms with Gasteiger partial charge >= 0.3 is 0 Å². The summed E-state index contributed by atoms with van der Waals surface area (Å²) in [5.74, 6) is 0.754. The lowest BCUT2D eigenvalue weighted by atomic mass is 10.0. The highest BCUT2D eigenvalue weighted by molar-refractivity contribution is 7.89. The van der Waals surface area contributed by atoms with Crippen LogP contribution in [0.4, 0.5) is 11.4 Å². The molecule has 2 aromatic rings. The molecule has 2 N–H and O–H groups in total. The maximum Gasteiger partial charge on any atom is 0.293 e. The Morgan fingerprint density at radius 1 is 1.20 bits per heavy atom. The smallest absolute Gasteiger partial charge is 0.293 e. The summed E-state index contributed by atoms with van der Waals surface area (Å²) < 4.78 is 31.5. The number of likely N-dealkylation sites (tertiary alicyclic amines) is 1. The number of sulfonamides is 1. The van der Waals surface area contributed by atoms with Gasteiger partial charge < -0.3 is 10.1 Å². The summed E-state index contributed by atoms with van der Waals surface area (Å²) in [5, 5.41) is 14.7. The van der Waals surface area contributed by atoms with E-state index in [1.54, 1.807) is 7.11 Å². The lowest BCUT2D eigenvalue weighted by Crippen LogP contribution is -2.31. The van der Waals surface area contributed by atoms with Gasteiger partial charge in [0.25, 0.3) is 5.69 Å². The topological polar surface area (TPSA) is 114 Å². The molecule has 0 aliphatic carbocycles. The largest absolute Gasteiger partial charge is 0.497 e. The number of nitrogens with zero attached hydrogens (tertiary/aromatic N) is 2. The van der Waals surface area contributed by atoms with E-state index < -0.39 is 14.9 Å². The number of nitrogens with one attached hydrogen (secondary N) is 2. The Kier molecular flexibility index (Phi) is 6.91. The van der Waals surface area contributed by atoms with E-state index >= 15 is 0 Å². The summed E-state index contributed by atoms with van der Waals surface area (Å²) >= 11 is 0. The van der Waals surface area contributed by atoms with Gasteiger partial charge in [-0.1, -0.05) is 12.1 Å². The maximum absolute atomic E-state index is 12.0. The molecule has 10 heteroatoms. The van der Waals surface area contributed by atoms with Crippen molar-refractivity contribution < 1.29 is 18.1 Å². The van der Waals surface area contributed by atoms with Crippen LogP contribution < -0.4 is 14.8 Å². The predicted molar refractivity (Wildman–Crippen MR) is 114 cm³/mol. The summed E-state index contributed by atoms with van der Waals surface area (Å²) in [6, 6.07) is 11.7. The first-order chi connectivity index (χ1) is 14.4. The van der Waals surface area contributed by atoms with Crippen LogP contribution in [0.2, 0.25) is 0 Å². The van der Waals surface area contributed by atoms with Crippen molar-refractivity contribution in [3.05, 3.63) is 58.1 Å². The second kappa shape index (κ2) is 9.41. The van der Waals surface area contributed by atoms with Crippen LogP contribution in [-0.2, 0) is 10.0 Å². The predicted octanol–water partition coefficient (Wildman–Crippen LogP) is 2.76. The number of nitro benzene ring substituents is 1. The van der Waals surface area contributed by atoms with Crippen molar-refractivity contribution >= 4 is 21.4 Å². The van der Waals surface area contributed by atoms with Gasteiger partial charge in [0.1, 0.15) is 11.4 Å². The van der Waals surface area contributed by atoms with Crippen LogP contribution in [0, 0.1) is 10.1 Å². The minimum atomic E-state index is -3.77. The zero-order valence-corrected chi connectivity index (χ0v) is 17.8. The van der Waals surface area contributed by atoms with Gasteiger partial charge in [-0.25, -0.2) is 13.1 Å². The summed E-state index contributed by atoms with van der Waals surface area (Å²) in [7, 11) is -0.887. The van der Waals surface area contributed by atoms with Crippen molar-refractivity contribution in [1.29, 1.82) is 0 Å². The second-order valence-corrected chi connectivity index (χ2v) is 8.95. The summed E-state index contributed by atoms with van der Waals surface area (Å²) in [5.41, 5.74) is 1.06. The van der Waals surface area contributed by atoms with Crippen LogP contribution in [0.5, 0.6) is 5.75 Å². The van der Waals surface area contributed by atoms with Crippen molar-refractivity contribution in [3.8, 4) is 5.75 Å². The standard InChI is InChI=1S/C20H26N4O5S/c1-21-30(27,28)17-8-9-18(19(13-17)24(25)26)22-14-20(23-10-3-4-11-23)15-6-5-7-16(12-15)29-2/h5-9,12-13,20-22H,3-4,10-11,14H2,1-2H3. The van der Waals surface area contributed by atoms with E-state index in [9.17, 15) is 18.5 Å². The zero-order chi connectivity index (χ0) is 21.7. The van der Waals surface area contributed by atoms with Crippen LogP contribution in [0.3, 0.4) is 0 Å². The molecule has 1 saturated heterocycles. The molecule has 1 fully saturated rings. The molecule has 1 aliphatic heterocycles. The highest BCUT2D eigenvalue weighted by Gasteiger charge is 2.26. The molecule has 0 spiro atoms. The van der Waals surface area contributed by atoms with Crippen LogP contribution in [-0.4, -0.2) is 52.0 Å². The fraction of sp³-hybridized carbons (Fsp3) is 0.400. The molecular formula is C20H26N4O5S. The van der Waals surface area contributed by atoms with Crippen LogP contribution >= 0.6 is 0 Å². The third-order valence-corrected chi connectivity index (χ3v) is 6.70. The van der Waals surface area contributed by atoms with Crippen LogP contribution in [0.15, 0.2) is 47.4 Å². The number of benzene rings is 2. The van der Waals surface area contributed by atoms with Crippen molar-refractivity contribution in [2.24, 2.45) is 0 Å². The summed E-state index contributed by atoms with van der Waals surface area (Å²) in [4.78, 5) is 13.2.